The third-order valence-electron chi connectivity index (χ3n) is 11.0. The molecule has 0 aromatic heterocycles. The first-order valence-corrected chi connectivity index (χ1v) is 17.7. The molecule has 50 heavy (non-hydrogen) atoms. The molecule has 0 heteroatoms. The average molecular weight is 637 g/mol. The standard InChI is InChI=1S/C50H36/c1-50(2,3)34-26-27-45-46(30-34)47(33-24-22-32(23-25-33)36-19-10-13-31-12-4-5-14-35(31)36)40-17-8-9-18-41(40)49(45)44-29-28-43-38-16-7-6-15-37(38)39-20-11-21-42(44)48(39)43/h4-30H,1-3H3. The van der Waals surface area contributed by atoms with Gasteiger partial charge in [0.15, 0.2) is 0 Å². The molecule has 0 N–H and O–H groups in total. The molecule has 0 heterocycles. The van der Waals surface area contributed by atoms with E-state index in [2.05, 4.69) is 185 Å². The van der Waals surface area contributed by atoms with Gasteiger partial charge in [-0.3, -0.25) is 0 Å². The topological polar surface area (TPSA) is 0 Å². The lowest BCUT2D eigenvalue weighted by Crippen LogP contribution is -2.10. The van der Waals surface area contributed by atoms with Crippen LogP contribution in [0.25, 0.3) is 98.7 Å². The lowest BCUT2D eigenvalue weighted by Gasteiger charge is -2.23. The second-order valence-electron chi connectivity index (χ2n) is 14.8. The quantitative estimate of drug-likeness (QED) is 0.169. The minimum absolute atomic E-state index is 0.0171. The molecule has 0 bridgehead atoms. The first kappa shape index (κ1) is 29.0. The molecule has 0 atom stereocenters. The van der Waals surface area contributed by atoms with Crippen molar-refractivity contribution in [3.63, 3.8) is 0 Å². The van der Waals surface area contributed by atoms with Gasteiger partial charge in [0.05, 0.1) is 0 Å². The summed E-state index contributed by atoms with van der Waals surface area (Å²) in [7, 11) is 0. The molecule has 0 fully saturated rings. The highest BCUT2D eigenvalue weighted by Crippen LogP contribution is 2.52. The Labute approximate surface area is 293 Å². The van der Waals surface area contributed by atoms with Crippen molar-refractivity contribution < 1.29 is 0 Å². The van der Waals surface area contributed by atoms with Gasteiger partial charge in [-0.2, -0.15) is 0 Å². The molecule has 1 aliphatic rings. The second kappa shape index (κ2) is 10.8. The normalized spacial score (nSPS) is 12.3. The Morgan fingerprint density at radius 3 is 1.60 bits per heavy atom. The molecule has 236 valence electrons. The Hall–Kier alpha value is -5.98. The highest BCUT2D eigenvalue weighted by molar-refractivity contribution is 6.26. The molecule has 1 aliphatic carbocycles. The Morgan fingerprint density at radius 1 is 0.320 bits per heavy atom. The maximum atomic E-state index is 2.47. The van der Waals surface area contributed by atoms with Crippen molar-refractivity contribution >= 4 is 43.1 Å². The van der Waals surface area contributed by atoms with Gasteiger partial charge in [0, 0.05) is 0 Å². The van der Waals surface area contributed by atoms with E-state index in [4.69, 9.17) is 0 Å². The summed E-state index contributed by atoms with van der Waals surface area (Å²) < 4.78 is 0. The Morgan fingerprint density at radius 2 is 0.840 bits per heavy atom. The number of benzene rings is 9. The SMILES string of the molecule is CC(C)(C)c1ccc2c(-c3ccc4c5c(cccc35)-c3ccccc3-4)c3ccccc3c(-c3ccc(-c4cccc5ccccc45)cc3)c2c1. The molecule has 9 aromatic carbocycles. The maximum absolute atomic E-state index is 2.47. The Kier molecular flexibility index (Phi) is 6.24. The van der Waals surface area contributed by atoms with E-state index in [-0.39, 0.29) is 5.41 Å². The predicted octanol–water partition coefficient (Wildman–Crippen LogP) is 14.2. The summed E-state index contributed by atoms with van der Waals surface area (Å²) in [4.78, 5) is 0. The van der Waals surface area contributed by atoms with E-state index in [1.807, 2.05) is 0 Å². The zero-order chi connectivity index (χ0) is 33.6. The van der Waals surface area contributed by atoms with Gasteiger partial charge in [-0.05, 0) is 116 Å². The van der Waals surface area contributed by atoms with Gasteiger partial charge in [-0.25, -0.2) is 0 Å². The smallest absolute Gasteiger partial charge is 0.00201 e. The monoisotopic (exact) mass is 636 g/mol. The molecular weight excluding hydrogens is 601 g/mol. The molecule has 10 rings (SSSR count). The molecule has 0 radical (unpaired) electrons. The van der Waals surface area contributed by atoms with Crippen LogP contribution in [0.3, 0.4) is 0 Å². The molecule has 0 nitrogen and oxygen atoms in total. The van der Waals surface area contributed by atoms with E-state index in [0.29, 0.717) is 0 Å². The highest BCUT2D eigenvalue weighted by Gasteiger charge is 2.25. The van der Waals surface area contributed by atoms with Gasteiger partial charge in [-0.15, -0.1) is 0 Å². The maximum Gasteiger partial charge on any atom is -0.00201 e. The van der Waals surface area contributed by atoms with Crippen LogP contribution < -0.4 is 0 Å². The zero-order valence-corrected chi connectivity index (χ0v) is 28.6. The van der Waals surface area contributed by atoms with Crippen molar-refractivity contribution in [2.45, 2.75) is 26.2 Å². The van der Waals surface area contributed by atoms with E-state index in [9.17, 15) is 0 Å². The summed E-state index contributed by atoms with van der Waals surface area (Å²) >= 11 is 0. The van der Waals surface area contributed by atoms with Crippen LogP contribution in [0.15, 0.2) is 164 Å². The molecule has 0 amide bonds. The van der Waals surface area contributed by atoms with Crippen LogP contribution in [-0.2, 0) is 5.41 Å². The molecular formula is C50H36. The molecule has 9 aromatic rings. The third-order valence-corrected chi connectivity index (χ3v) is 11.0. The summed E-state index contributed by atoms with van der Waals surface area (Å²) in [6.07, 6.45) is 0. The van der Waals surface area contributed by atoms with Crippen molar-refractivity contribution in [3.05, 3.63) is 169 Å². The van der Waals surface area contributed by atoms with Crippen molar-refractivity contribution in [1.29, 1.82) is 0 Å². The Balaban J connectivity index is 1.26. The van der Waals surface area contributed by atoms with Crippen molar-refractivity contribution in [3.8, 4) is 55.6 Å². The first-order chi connectivity index (χ1) is 24.5. The summed E-state index contributed by atoms with van der Waals surface area (Å²) in [5.74, 6) is 0. The van der Waals surface area contributed by atoms with Crippen LogP contribution in [0, 0.1) is 0 Å². The Bertz CT molecular complexity index is 2790. The zero-order valence-electron chi connectivity index (χ0n) is 28.6. The second-order valence-corrected chi connectivity index (χ2v) is 14.8. The molecule has 0 spiro atoms. The van der Waals surface area contributed by atoms with Crippen LogP contribution in [0.1, 0.15) is 26.3 Å². The largest absolute Gasteiger partial charge is 0.0616 e. The van der Waals surface area contributed by atoms with E-state index < -0.39 is 0 Å². The lowest BCUT2D eigenvalue weighted by atomic mass is 9.80. The summed E-state index contributed by atoms with van der Waals surface area (Å²) in [5, 5.41) is 10.4. The van der Waals surface area contributed by atoms with Gasteiger partial charge in [-0.1, -0.05) is 178 Å². The molecule has 0 saturated carbocycles. The highest BCUT2D eigenvalue weighted by atomic mass is 14.3. The lowest BCUT2D eigenvalue weighted by molar-refractivity contribution is 0.591. The van der Waals surface area contributed by atoms with E-state index in [1.54, 1.807) is 0 Å². The minimum Gasteiger partial charge on any atom is -0.0616 e. The van der Waals surface area contributed by atoms with Crippen LogP contribution in [-0.4, -0.2) is 0 Å². The van der Waals surface area contributed by atoms with Crippen LogP contribution in [0.2, 0.25) is 0 Å². The van der Waals surface area contributed by atoms with Gasteiger partial charge >= 0.3 is 0 Å². The number of fused-ring (bicyclic) bond motifs is 6. The van der Waals surface area contributed by atoms with Gasteiger partial charge in [0.25, 0.3) is 0 Å². The number of rotatable bonds is 3. The summed E-state index contributed by atoms with van der Waals surface area (Å²) in [5.41, 5.74) is 14.3. The van der Waals surface area contributed by atoms with E-state index in [1.165, 1.54) is 104 Å². The third kappa shape index (κ3) is 4.25. The number of hydrogen-bond donors (Lipinski definition) is 0. The minimum atomic E-state index is 0.0171. The first-order valence-electron chi connectivity index (χ1n) is 17.7. The summed E-state index contributed by atoms with van der Waals surface area (Å²) in [6, 6.07) is 61.2. The molecule has 0 aliphatic heterocycles. The fraction of sp³-hybridized carbons (Fsp3) is 0.0800. The van der Waals surface area contributed by atoms with Crippen molar-refractivity contribution in [2.75, 3.05) is 0 Å². The molecule has 0 saturated heterocycles. The average Bonchev–Trinajstić information content (AvgIpc) is 3.48. The van der Waals surface area contributed by atoms with Gasteiger partial charge in [0.2, 0.25) is 0 Å². The van der Waals surface area contributed by atoms with Crippen LogP contribution in [0.4, 0.5) is 0 Å². The predicted molar refractivity (Wildman–Crippen MR) is 216 cm³/mol. The summed E-state index contributed by atoms with van der Waals surface area (Å²) in [6.45, 7) is 6.95. The van der Waals surface area contributed by atoms with E-state index in [0.717, 1.165) is 0 Å². The van der Waals surface area contributed by atoms with E-state index >= 15 is 0 Å². The van der Waals surface area contributed by atoms with Gasteiger partial charge in [0.1, 0.15) is 0 Å². The van der Waals surface area contributed by atoms with Crippen LogP contribution in [0.5, 0.6) is 0 Å². The van der Waals surface area contributed by atoms with Crippen LogP contribution >= 0.6 is 0 Å². The van der Waals surface area contributed by atoms with Crippen molar-refractivity contribution in [2.24, 2.45) is 0 Å². The van der Waals surface area contributed by atoms with Crippen molar-refractivity contribution in [1.82, 2.24) is 0 Å². The fourth-order valence-corrected chi connectivity index (χ4v) is 8.57. The number of hydrogen-bond acceptors (Lipinski definition) is 0. The molecule has 0 unspecified atom stereocenters. The van der Waals surface area contributed by atoms with Gasteiger partial charge < -0.3 is 0 Å². The fourth-order valence-electron chi connectivity index (χ4n) is 8.57.